The van der Waals surface area contributed by atoms with Crippen LogP contribution in [0.3, 0.4) is 0 Å². The molecule has 0 saturated heterocycles. The molecule has 0 aliphatic heterocycles. The van der Waals surface area contributed by atoms with E-state index in [-0.39, 0.29) is 11.8 Å². The fourth-order valence-electron chi connectivity index (χ4n) is 1.01. The van der Waals surface area contributed by atoms with Crippen LogP contribution in [0.15, 0.2) is 18.2 Å². The van der Waals surface area contributed by atoms with E-state index < -0.39 is 24.5 Å². The Bertz CT molecular complexity index is 402. The maximum Gasteiger partial charge on any atom is 0.573 e. The van der Waals surface area contributed by atoms with Gasteiger partial charge in [0.25, 0.3) is 0 Å². The van der Waals surface area contributed by atoms with Gasteiger partial charge in [-0.2, -0.15) is 8.78 Å². The molecule has 1 aromatic carbocycles. The van der Waals surface area contributed by atoms with Crippen molar-refractivity contribution in [2.24, 2.45) is 0 Å². The van der Waals surface area contributed by atoms with Gasteiger partial charge < -0.3 is 9.47 Å². The number of ether oxygens (including phenoxy) is 2. The van der Waals surface area contributed by atoms with E-state index in [2.05, 4.69) is 9.47 Å². The zero-order chi connectivity index (χ0) is 13.1. The molecule has 0 spiro atoms. The monoisotopic (exact) mass is 256 g/mol. The largest absolute Gasteiger partial charge is 0.573 e. The first-order valence-corrected chi connectivity index (χ1v) is 4.11. The van der Waals surface area contributed by atoms with Gasteiger partial charge in [-0.1, -0.05) is 0 Å². The average molecular weight is 256 g/mol. The molecule has 1 aromatic rings. The van der Waals surface area contributed by atoms with Crippen LogP contribution >= 0.6 is 0 Å². The maximum atomic E-state index is 11.9. The SMILES string of the molecule is O=Cc1ccc(OC(F)(F)F)cc1OC(F)F. The van der Waals surface area contributed by atoms with Crippen LogP contribution in [0.5, 0.6) is 11.5 Å². The molecule has 0 bridgehead atoms. The Morgan fingerprint density at radius 1 is 1.24 bits per heavy atom. The molecular formula is C9H5F5O3. The molecule has 94 valence electrons. The molecule has 0 unspecified atom stereocenters. The molecule has 0 fully saturated rings. The summed E-state index contributed by atoms with van der Waals surface area (Å²) < 4.78 is 66.7. The summed E-state index contributed by atoms with van der Waals surface area (Å²) in [5, 5.41) is 0. The van der Waals surface area contributed by atoms with Crippen LogP contribution in [0.4, 0.5) is 22.0 Å². The fourth-order valence-corrected chi connectivity index (χ4v) is 1.01. The number of carbonyl (C=O) groups is 1. The molecular weight excluding hydrogens is 251 g/mol. The summed E-state index contributed by atoms with van der Waals surface area (Å²) in [7, 11) is 0. The van der Waals surface area contributed by atoms with Crippen LogP contribution in [0.2, 0.25) is 0 Å². The number of halogens is 5. The van der Waals surface area contributed by atoms with Crippen LogP contribution in [-0.4, -0.2) is 19.3 Å². The zero-order valence-electron chi connectivity index (χ0n) is 8.00. The predicted molar refractivity (Wildman–Crippen MR) is 45.1 cm³/mol. The van der Waals surface area contributed by atoms with Crippen molar-refractivity contribution >= 4 is 6.29 Å². The van der Waals surface area contributed by atoms with Gasteiger partial charge >= 0.3 is 13.0 Å². The summed E-state index contributed by atoms with van der Waals surface area (Å²) in [6.07, 6.45) is -4.78. The topological polar surface area (TPSA) is 35.5 Å². The summed E-state index contributed by atoms with van der Waals surface area (Å²) in [6.45, 7) is -3.25. The van der Waals surface area contributed by atoms with Crippen molar-refractivity contribution in [2.75, 3.05) is 0 Å². The van der Waals surface area contributed by atoms with E-state index in [4.69, 9.17) is 0 Å². The summed E-state index contributed by atoms with van der Waals surface area (Å²) >= 11 is 0. The molecule has 0 radical (unpaired) electrons. The van der Waals surface area contributed by atoms with Gasteiger partial charge in [-0.3, -0.25) is 4.79 Å². The highest BCUT2D eigenvalue weighted by atomic mass is 19.4. The van der Waals surface area contributed by atoms with Crippen LogP contribution in [0.25, 0.3) is 0 Å². The predicted octanol–water partition coefficient (Wildman–Crippen LogP) is 3.00. The Labute approximate surface area is 91.7 Å². The fraction of sp³-hybridized carbons (Fsp3) is 0.222. The zero-order valence-corrected chi connectivity index (χ0v) is 8.00. The van der Waals surface area contributed by atoms with Crippen molar-refractivity contribution < 1.29 is 36.2 Å². The third kappa shape index (κ3) is 4.25. The summed E-state index contributed by atoms with van der Waals surface area (Å²) in [5.41, 5.74) is -0.306. The molecule has 0 N–H and O–H groups in total. The summed E-state index contributed by atoms with van der Waals surface area (Å²) in [5.74, 6) is -1.43. The highest BCUT2D eigenvalue weighted by Gasteiger charge is 2.31. The Morgan fingerprint density at radius 2 is 1.88 bits per heavy atom. The second-order valence-corrected chi connectivity index (χ2v) is 2.74. The third-order valence-electron chi connectivity index (χ3n) is 1.56. The van der Waals surface area contributed by atoms with Crippen molar-refractivity contribution in [2.45, 2.75) is 13.0 Å². The Morgan fingerprint density at radius 3 is 2.35 bits per heavy atom. The van der Waals surface area contributed by atoms with E-state index in [1.165, 1.54) is 0 Å². The van der Waals surface area contributed by atoms with Crippen molar-refractivity contribution in [1.82, 2.24) is 0 Å². The van der Waals surface area contributed by atoms with E-state index in [1.54, 1.807) is 0 Å². The normalized spacial score (nSPS) is 11.4. The number of hydrogen-bond donors (Lipinski definition) is 0. The molecule has 8 heteroatoms. The van der Waals surface area contributed by atoms with Gasteiger partial charge in [0, 0.05) is 6.07 Å². The molecule has 3 nitrogen and oxygen atoms in total. The molecule has 0 atom stereocenters. The van der Waals surface area contributed by atoms with Crippen molar-refractivity contribution in [3.05, 3.63) is 23.8 Å². The second kappa shape index (κ2) is 4.98. The number of aldehydes is 1. The molecule has 0 amide bonds. The minimum absolute atomic E-state index is 0.176. The van der Waals surface area contributed by atoms with Crippen LogP contribution in [-0.2, 0) is 0 Å². The molecule has 1 rings (SSSR count). The van der Waals surface area contributed by atoms with Gasteiger partial charge in [-0.25, -0.2) is 0 Å². The molecule has 17 heavy (non-hydrogen) atoms. The average Bonchev–Trinajstić information content (AvgIpc) is 2.14. The van der Waals surface area contributed by atoms with E-state index in [1.807, 2.05) is 0 Å². The highest BCUT2D eigenvalue weighted by molar-refractivity contribution is 5.79. The van der Waals surface area contributed by atoms with Crippen molar-refractivity contribution in [3.8, 4) is 11.5 Å². The Kier molecular flexibility index (Phi) is 3.87. The van der Waals surface area contributed by atoms with Crippen LogP contribution in [0.1, 0.15) is 10.4 Å². The molecule has 0 aliphatic rings. The van der Waals surface area contributed by atoms with Gasteiger partial charge in [0.2, 0.25) is 0 Å². The van der Waals surface area contributed by atoms with Gasteiger partial charge in [0.15, 0.2) is 6.29 Å². The lowest BCUT2D eigenvalue weighted by Gasteiger charge is -2.11. The lowest BCUT2D eigenvalue weighted by Crippen LogP contribution is -2.17. The van der Waals surface area contributed by atoms with Gasteiger partial charge in [-0.05, 0) is 12.1 Å². The Hall–Kier alpha value is -1.86. The smallest absolute Gasteiger partial charge is 0.434 e. The summed E-state index contributed by atoms with van der Waals surface area (Å²) in [6, 6.07) is 2.25. The first-order valence-electron chi connectivity index (χ1n) is 4.11. The number of alkyl halides is 5. The highest BCUT2D eigenvalue weighted by Crippen LogP contribution is 2.29. The number of rotatable bonds is 4. The molecule has 0 heterocycles. The summed E-state index contributed by atoms with van der Waals surface area (Å²) in [4.78, 5) is 10.4. The lowest BCUT2D eigenvalue weighted by molar-refractivity contribution is -0.274. The third-order valence-corrected chi connectivity index (χ3v) is 1.56. The van der Waals surface area contributed by atoms with Crippen molar-refractivity contribution in [1.29, 1.82) is 0 Å². The van der Waals surface area contributed by atoms with E-state index in [0.717, 1.165) is 12.1 Å². The Balaban J connectivity index is 3.00. The standard InChI is InChI=1S/C9H5F5O3/c10-8(11)16-7-3-6(17-9(12,13)14)2-1-5(7)4-15/h1-4,8H. The number of benzene rings is 1. The molecule has 0 aliphatic carbocycles. The van der Waals surface area contributed by atoms with Gasteiger partial charge in [0.05, 0.1) is 5.56 Å². The van der Waals surface area contributed by atoms with E-state index >= 15 is 0 Å². The number of hydrogen-bond acceptors (Lipinski definition) is 3. The van der Waals surface area contributed by atoms with E-state index in [0.29, 0.717) is 6.07 Å². The van der Waals surface area contributed by atoms with Crippen LogP contribution in [0, 0.1) is 0 Å². The minimum Gasteiger partial charge on any atom is -0.434 e. The van der Waals surface area contributed by atoms with E-state index in [9.17, 15) is 26.7 Å². The number of carbonyl (C=O) groups excluding carboxylic acids is 1. The second-order valence-electron chi connectivity index (χ2n) is 2.74. The van der Waals surface area contributed by atoms with Crippen LogP contribution < -0.4 is 9.47 Å². The van der Waals surface area contributed by atoms with Gasteiger partial charge in [-0.15, -0.1) is 13.2 Å². The first kappa shape index (κ1) is 13.2. The quantitative estimate of drug-likeness (QED) is 0.613. The van der Waals surface area contributed by atoms with Crippen molar-refractivity contribution in [3.63, 3.8) is 0 Å². The maximum absolute atomic E-state index is 11.9. The van der Waals surface area contributed by atoms with Gasteiger partial charge in [0.1, 0.15) is 11.5 Å². The molecule has 0 saturated carbocycles. The first-order chi connectivity index (χ1) is 7.81. The molecule has 0 aromatic heterocycles. The lowest BCUT2D eigenvalue weighted by atomic mass is 10.2. The minimum atomic E-state index is -4.95.